The Hall–Kier alpha value is -3.21. The van der Waals surface area contributed by atoms with E-state index in [1.807, 2.05) is 70.2 Å². The summed E-state index contributed by atoms with van der Waals surface area (Å²) in [4.78, 5) is 29.8. The number of hydrogen-bond acceptors (Lipinski definition) is 4. The number of rotatable bonds is 5. The van der Waals surface area contributed by atoms with Gasteiger partial charge < -0.3 is 10.1 Å². The average Bonchev–Trinajstić information content (AvgIpc) is 2.68. The largest absolute Gasteiger partial charge is 0.452 e. The van der Waals surface area contributed by atoms with E-state index < -0.39 is 5.97 Å². The maximum absolute atomic E-state index is 12.8. The number of hydrogen-bond donors (Lipinski definition) is 1. The van der Waals surface area contributed by atoms with E-state index in [0.29, 0.717) is 12.0 Å². The van der Waals surface area contributed by atoms with Crippen molar-refractivity contribution >= 4 is 28.5 Å². The number of carbonyl (C=O) groups excluding carboxylic acids is 2. The van der Waals surface area contributed by atoms with E-state index in [4.69, 9.17) is 4.74 Å². The molecule has 0 aliphatic carbocycles. The zero-order chi connectivity index (χ0) is 20.3. The highest BCUT2D eigenvalue weighted by Crippen LogP contribution is 2.24. The van der Waals surface area contributed by atoms with Gasteiger partial charge in [-0.1, -0.05) is 43.3 Å². The first-order valence-electron chi connectivity index (χ1n) is 9.33. The van der Waals surface area contributed by atoms with Gasteiger partial charge in [-0.3, -0.25) is 9.78 Å². The Kier molecular flexibility index (Phi) is 5.73. The van der Waals surface area contributed by atoms with Gasteiger partial charge in [-0.25, -0.2) is 4.79 Å². The molecule has 1 heterocycles. The Bertz CT molecular complexity index is 1040. The smallest absolute Gasteiger partial charge is 0.339 e. The Labute approximate surface area is 164 Å². The summed E-state index contributed by atoms with van der Waals surface area (Å²) in [5.41, 5.74) is 5.54. The number of aromatic nitrogens is 1. The summed E-state index contributed by atoms with van der Waals surface area (Å²) < 4.78 is 5.35. The summed E-state index contributed by atoms with van der Waals surface area (Å²) in [7, 11) is 0. The number of fused-ring (bicyclic) bond motifs is 1. The van der Waals surface area contributed by atoms with Crippen molar-refractivity contribution in [1.82, 2.24) is 4.98 Å². The Morgan fingerprint density at radius 1 is 1.00 bits per heavy atom. The number of pyridine rings is 1. The molecule has 1 amide bonds. The lowest BCUT2D eigenvalue weighted by atomic mass is 10.0. The first-order valence-corrected chi connectivity index (χ1v) is 9.33. The fourth-order valence-corrected chi connectivity index (χ4v) is 3.36. The molecule has 3 aromatic rings. The van der Waals surface area contributed by atoms with Gasteiger partial charge in [0.2, 0.25) is 0 Å². The van der Waals surface area contributed by atoms with Crippen molar-refractivity contribution in [3.05, 3.63) is 70.4 Å². The van der Waals surface area contributed by atoms with Crippen LogP contribution in [0.4, 0.5) is 5.69 Å². The second-order valence-electron chi connectivity index (χ2n) is 6.82. The van der Waals surface area contributed by atoms with Gasteiger partial charge in [0.15, 0.2) is 6.61 Å². The third-order valence-corrected chi connectivity index (χ3v) is 4.86. The first kappa shape index (κ1) is 19.5. The summed E-state index contributed by atoms with van der Waals surface area (Å²) in [6, 6.07) is 13.3. The summed E-state index contributed by atoms with van der Waals surface area (Å²) in [6.45, 7) is 7.37. The van der Waals surface area contributed by atoms with Gasteiger partial charge >= 0.3 is 5.97 Å². The van der Waals surface area contributed by atoms with Crippen molar-refractivity contribution in [1.29, 1.82) is 0 Å². The van der Waals surface area contributed by atoms with E-state index in [1.54, 1.807) is 0 Å². The molecule has 0 fully saturated rings. The lowest BCUT2D eigenvalue weighted by molar-refractivity contribution is -0.119. The minimum Gasteiger partial charge on any atom is -0.452 e. The summed E-state index contributed by atoms with van der Waals surface area (Å²) in [5, 5.41) is 3.56. The highest BCUT2D eigenvalue weighted by molar-refractivity contribution is 6.06. The van der Waals surface area contributed by atoms with Gasteiger partial charge in [0.05, 0.1) is 11.1 Å². The first-order chi connectivity index (χ1) is 13.4. The molecular weight excluding hydrogens is 352 g/mol. The van der Waals surface area contributed by atoms with Gasteiger partial charge in [0.1, 0.15) is 0 Å². The van der Waals surface area contributed by atoms with Crippen LogP contribution in [0.2, 0.25) is 0 Å². The summed E-state index contributed by atoms with van der Waals surface area (Å²) >= 11 is 0. The van der Waals surface area contributed by atoms with Crippen molar-refractivity contribution in [2.45, 2.75) is 34.1 Å². The number of amides is 1. The van der Waals surface area contributed by atoms with Crippen LogP contribution in [0.15, 0.2) is 42.5 Å². The minimum atomic E-state index is -0.512. The molecule has 1 aromatic heterocycles. The fraction of sp³-hybridized carbons (Fsp3) is 0.261. The van der Waals surface area contributed by atoms with Crippen LogP contribution in [0.5, 0.6) is 0 Å². The molecular formula is C23H24N2O3. The quantitative estimate of drug-likeness (QED) is 0.665. The molecule has 0 bridgehead atoms. The predicted molar refractivity (Wildman–Crippen MR) is 111 cm³/mol. The van der Waals surface area contributed by atoms with Crippen LogP contribution in [0.25, 0.3) is 10.9 Å². The van der Waals surface area contributed by atoms with E-state index in [0.717, 1.165) is 39.0 Å². The summed E-state index contributed by atoms with van der Waals surface area (Å²) in [5.74, 6) is -0.875. The van der Waals surface area contributed by atoms with Crippen molar-refractivity contribution < 1.29 is 14.3 Å². The molecule has 0 aliphatic heterocycles. The molecule has 5 nitrogen and oxygen atoms in total. The Morgan fingerprint density at radius 3 is 2.36 bits per heavy atom. The Morgan fingerprint density at radius 2 is 1.68 bits per heavy atom. The lowest BCUT2D eigenvalue weighted by Crippen LogP contribution is -2.22. The molecule has 2 aromatic carbocycles. The standard InChI is InChI=1S/C23H24N2O3/c1-5-18-16(4)21(17-11-6-7-12-19(17)24-18)23(27)28-13-20(26)25-22-14(2)9-8-10-15(22)3/h6-12H,5,13H2,1-4H3,(H,25,26). The number of nitrogens with zero attached hydrogens (tertiary/aromatic N) is 1. The number of carbonyl (C=O) groups is 2. The zero-order valence-electron chi connectivity index (χ0n) is 16.6. The third-order valence-electron chi connectivity index (χ3n) is 4.86. The Balaban J connectivity index is 1.80. The van der Waals surface area contributed by atoms with Gasteiger partial charge in [-0.05, 0) is 49.9 Å². The van der Waals surface area contributed by atoms with Crippen molar-refractivity contribution in [2.24, 2.45) is 0 Å². The predicted octanol–water partition coefficient (Wildman–Crippen LogP) is 4.52. The van der Waals surface area contributed by atoms with Crippen molar-refractivity contribution in [2.75, 3.05) is 11.9 Å². The lowest BCUT2D eigenvalue weighted by Gasteiger charge is -2.14. The fourth-order valence-electron chi connectivity index (χ4n) is 3.36. The van der Waals surface area contributed by atoms with Crippen LogP contribution in [0.3, 0.4) is 0 Å². The number of anilines is 1. The maximum atomic E-state index is 12.8. The number of esters is 1. The van der Waals surface area contributed by atoms with E-state index in [-0.39, 0.29) is 12.5 Å². The number of para-hydroxylation sites is 2. The van der Waals surface area contributed by atoms with Gasteiger partial charge in [0.25, 0.3) is 5.91 Å². The SMILES string of the molecule is CCc1nc2ccccc2c(C(=O)OCC(=O)Nc2c(C)cccc2C)c1C. The monoisotopic (exact) mass is 376 g/mol. The topological polar surface area (TPSA) is 68.3 Å². The molecule has 0 spiro atoms. The van der Waals surface area contributed by atoms with Gasteiger partial charge in [-0.2, -0.15) is 0 Å². The van der Waals surface area contributed by atoms with Gasteiger partial charge in [0, 0.05) is 16.8 Å². The van der Waals surface area contributed by atoms with Crippen LogP contribution in [-0.4, -0.2) is 23.5 Å². The van der Waals surface area contributed by atoms with Crippen LogP contribution in [-0.2, 0) is 16.0 Å². The van der Waals surface area contributed by atoms with E-state index >= 15 is 0 Å². The second kappa shape index (κ2) is 8.21. The molecule has 0 saturated heterocycles. The zero-order valence-corrected chi connectivity index (χ0v) is 16.6. The van der Waals surface area contributed by atoms with Crippen LogP contribution in [0.1, 0.15) is 39.7 Å². The molecule has 5 heteroatoms. The molecule has 144 valence electrons. The molecule has 1 N–H and O–H groups in total. The normalized spacial score (nSPS) is 10.7. The second-order valence-corrected chi connectivity index (χ2v) is 6.82. The number of ether oxygens (including phenoxy) is 1. The van der Waals surface area contributed by atoms with E-state index in [9.17, 15) is 9.59 Å². The maximum Gasteiger partial charge on any atom is 0.339 e. The minimum absolute atomic E-state index is 0.343. The van der Waals surface area contributed by atoms with Crippen molar-refractivity contribution in [3.8, 4) is 0 Å². The highest BCUT2D eigenvalue weighted by Gasteiger charge is 2.19. The number of nitrogens with one attached hydrogen (secondary N) is 1. The van der Waals surface area contributed by atoms with Crippen LogP contribution in [0, 0.1) is 20.8 Å². The number of benzene rings is 2. The molecule has 0 radical (unpaired) electrons. The van der Waals surface area contributed by atoms with E-state index in [1.165, 1.54) is 0 Å². The highest BCUT2D eigenvalue weighted by atomic mass is 16.5. The van der Waals surface area contributed by atoms with Gasteiger partial charge in [-0.15, -0.1) is 0 Å². The van der Waals surface area contributed by atoms with E-state index in [2.05, 4.69) is 10.3 Å². The molecule has 0 saturated carbocycles. The molecule has 0 unspecified atom stereocenters. The molecule has 0 atom stereocenters. The number of aryl methyl sites for hydroxylation is 3. The summed E-state index contributed by atoms with van der Waals surface area (Å²) in [6.07, 6.45) is 0.712. The van der Waals surface area contributed by atoms with Crippen molar-refractivity contribution in [3.63, 3.8) is 0 Å². The van der Waals surface area contributed by atoms with Crippen LogP contribution < -0.4 is 5.32 Å². The molecule has 3 rings (SSSR count). The average molecular weight is 376 g/mol. The molecule has 0 aliphatic rings. The van der Waals surface area contributed by atoms with Crippen LogP contribution >= 0.6 is 0 Å². The molecule has 28 heavy (non-hydrogen) atoms. The third kappa shape index (κ3) is 3.88.